The van der Waals surface area contributed by atoms with Crippen LogP contribution in [0.4, 0.5) is 17.2 Å². The van der Waals surface area contributed by atoms with Gasteiger partial charge in [-0.25, -0.2) is 4.68 Å². The highest BCUT2D eigenvalue weighted by atomic mass is 16.6. The highest BCUT2D eigenvalue weighted by Crippen LogP contribution is 2.23. The highest BCUT2D eigenvalue weighted by Gasteiger charge is 2.13. The van der Waals surface area contributed by atoms with E-state index in [1.807, 2.05) is 6.92 Å². The molecule has 0 bridgehead atoms. The van der Waals surface area contributed by atoms with E-state index in [1.165, 1.54) is 6.07 Å². The van der Waals surface area contributed by atoms with Gasteiger partial charge >= 0.3 is 0 Å². The van der Waals surface area contributed by atoms with E-state index in [2.05, 4.69) is 22.7 Å². The first kappa shape index (κ1) is 17.5. The van der Waals surface area contributed by atoms with Gasteiger partial charge in [0.1, 0.15) is 11.5 Å². The van der Waals surface area contributed by atoms with E-state index in [9.17, 15) is 14.9 Å². The quantitative estimate of drug-likeness (QED) is 0.571. The molecule has 128 valence electrons. The molecule has 1 unspecified atom stereocenters. The van der Waals surface area contributed by atoms with Crippen LogP contribution < -0.4 is 10.6 Å². The molecule has 8 heteroatoms. The number of nitro benzene ring substituents is 1. The summed E-state index contributed by atoms with van der Waals surface area (Å²) in [5, 5.41) is 20.9. The first-order valence-electron chi connectivity index (χ1n) is 7.83. The lowest BCUT2D eigenvalue weighted by atomic mass is 10.2. The first-order chi connectivity index (χ1) is 11.5. The average Bonchev–Trinajstić information content (AvgIpc) is 3.02. The van der Waals surface area contributed by atoms with Crippen LogP contribution in [0.15, 0.2) is 36.5 Å². The lowest BCUT2D eigenvalue weighted by molar-refractivity contribution is -0.384. The van der Waals surface area contributed by atoms with E-state index in [0.717, 1.165) is 6.42 Å². The van der Waals surface area contributed by atoms with Crippen molar-refractivity contribution in [2.45, 2.75) is 32.7 Å². The number of carbonyl (C=O) groups excluding carboxylic acids is 1. The summed E-state index contributed by atoms with van der Waals surface area (Å²) in [6, 6.07) is 8.30. The number of hydrogen-bond acceptors (Lipinski definition) is 5. The van der Waals surface area contributed by atoms with Gasteiger partial charge in [-0.15, -0.1) is 0 Å². The van der Waals surface area contributed by atoms with Crippen molar-refractivity contribution >= 4 is 23.1 Å². The zero-order valence-corrected chi connectivity index (χ0v) is 13.7. The molecule has 24 heavy (non-hydrogen) atoms. The Morgan fingerprint density at radius 3 is 2.83 bits per heavy atom. The predicted octanol–water partition coefficient (Wildman–Crippen LogP) is 3.20. The van der Waals surface area contributed by atoms with Crippen molar-refractivity contribution in [3.63, 3.8) is 0 Å². The third-order valence-corrected chi connectivity index (χ3v) is 3.71. The van der Waals surface area contributed by atoms with Crippen LogP contribution in [0.5, 0.6) is 0 Å². The standard InChI is InChI=1S/C16H21N5O3/c1-3-12(2)20-15(8-11-18-20)19-16(22)9-10-17-13-6-4-5-7-14(13)21(23)24/h4-8,11-12,17H,3,9-10H2,1-2H3,(H,19,22). The van der Waals surface area contributed by atoms with E-state index >= 15 is 0 Å². The minimum absolute atomic E-state index is 0.00671. The lowest BCUT2D eigenvalue weighted by Gasteiger charge is -2.14. The smallest absolute Gasteiger partial charge is 0.292 e. The molecule has 1 atom stereocenters. The molecule has 2 rings (SSSR count). The highest BCUT2D eigenvalue weighted by molar-refractivity contribution is 5.90. The topological polar surface area (TPSA) is 102 Å². The van der Waals surface area contributed by atoms with Crippen molar-refractivity contribution in [3.05, 3.63) is 46.6 Å². The molecule has 1 heterocycles. The van der Waals surface area contributed by atoms with Gasteiger partial charge in [-0.1, -0.05) is 19.1 Å². The Labute approximate surface area is 140 Å². The van der Waals surface area contributed by atoms with Crippen LogP contribution in [-0.4, -0.2) is 27.2 Å². The predicted molar refractivity (Wildman–Crippen MR) is 92.1 cm³/mol. The monoisotopic (exact) mass is 331 g/mol. The van der Waals surface area contributed by atoms with Crippen LogP contribution in [0.1, 0.15) is 32.7 Å². The number of para-hydroxylation sites is 2. The van der Waals surface area contributed by atoms with E-state index in [4.69, 9.17) is 0 Å². The summed E-state index contributed by atoms with van der Waals surface area (Å²) >= 11 is 0. The van der Waals surface area contributed by atoms with Crippen LogP contribution in [-0.2, 0) is 4.79 Å². The normalized spacial score (nSPS) is 11.8. The summed E-state index contributed by atoms with van der Waals surface area (Å²) in [5.41, 5.74) is 0.396. The molecule has 0 spiro atoms. The van der Waals surface area contributed by atoms with Gasteiger partial charge in [0.2, 0.25) is 5.91 Å². The molecule has 2 aromatic rings. The second-order valence-corrected chi connectivity index (χ2v) is 5.42. The fraction of sp³-hybridized carbons (Fsp3) is 0.375. The van der Waals surface area contributed by atoms with Crippen LogP contribution in [0.3, 0.4) is 0 Å². The van der Waals surface area contributed by atoms with E-state index in [0.29, 0.717) is 18.1 Å². The Balaban J connectivity index is 1.89. The maximum atomic E-state index is 12.1. The summed E-state index contributed by atoms with van der Waals surface area (Å²) in [6.45, 7) is 4.38. The number of nitro groups is 1. The van der Waals surface area contributed by atoms with Gasteiger partial charge in [0.05, 0.1) is 17.2 Å². The number of nitrogens with one attached hydrogen (secondary N) is 2. The van der Waals surface area contributed by atoms with Gasteiger partial charge in [-0.3, -0.25) is 14.9 Å². The van der Waals surface area contributed by atoms with Crippen molar-refractivity contribution in [1.82, 2.24) is 9.78 Å². The van der Waals surface area contributed by atoms with Crippen LogP contribution in [0, 0.1) is 10.1 Å². The van der Waals surface area contributed by atoms with Crippen molar-refractivity contribution in [2.24, 2.45) is 0 Å². The molecule has 0 saturated heterocycles. The third kappa shape index (κ3) is 4.31. The molecule has 2 N–H and O–H groups in total. The number of anilines is 2. The summed E-state index contributed by atoms with van der Waals surface area (Å²) in [6.07, 6.45) is 2.74. The van der Waals surface area contributed by atoms with Gasteiger partial charge in [0.15, 0.2) is 0 Å². The lowest BCUT2D eigenvalue weighted by Crippen LogP contribution is -2.20. The largest absolute Gasteiger partial charge is 0.379 e. The van der Waals surface area contributed by atoms with Gasteiger partial charge in [-0.05, 0) is 19.4 Å². The molecule has 0 aliphatic carbocycles. The van der Waals surface area contributed by atoms with Gasteiger partial charge in [0.25, 0.3) is 5.69 Å². The summed E-state index contributed by atoms with van der Waals surface area (Å²) in [5.74, 6) is 0.478. The molecular formula is C16H21N5O3. The van der Waals surface area contributed by atoms with Crippen molar-refractivity contribution < 1.29 is 9.72 Å². The molecule has 1 aromatic heterocycles. The van der Waals surface area contributed by atoms with E-state index in [1.54, 1.807) is 35.1 Å². The SMILES string of the molecule is CCC(C)n1nccc1NC(=O)CCNc1ccccc1[N+](=O)[O-]. The fourth-order valence-electron chi connectivity index (χ4n) is 2.24. The number of benzene rings is 1. The number of amides is 1. The van der Waals surface area contributed by atoms with Gasteiger partial charge in [-0.2, -0.15) is 5.10 Å². The summed E-state index contributed by atoms with van der Waals surface area (Å²) in [4.78, 5) is 22.5. The number of rotatable bonds is 8. The second kappa shape index (κ2) is 8.09. The number of hydrogen-bond donors (Lipinski definition) is 2. The summed E-state index contributed by atoms with van der Waals surface area (Å²) < 4.78 is 1.77. The molecule has 0 radical (unpaired) electrons. The van der Waals surface area contributed by atoms with Gasteiger partial charge < -0.3 is 10.6 Å². The molecular weight excluding hydrogens is 310 g/mol. The molecule has 8 nitrogen and oxygen atoms in total. The maximum absolute atomic E-state index is 12.1. The Hall–Kier alpha value is -2.90. The number of carbonyl (C=O) groups is 1. The zero-order valence-electron chi connectivity index (χ0n) is 13.7. The maximum Gasteiger partial charge on any atom is 0.292 e. The third-order valence-electron chi connectivity index (χ3n) is 3.71. The Bertz CT molecular complexity index is 713. The van der Waals surface area contributed by atoms with Crippen LogP contribution in [0.2, 0.25) is 0 Å². The fourth-order valence-corrected chi connectivity index (χ4v) is 2.24. The molecule has 0 aliphatic heterocycles. The molecule has 0 aliphatic rings. The van der Waals surface area contributed by atoms with Crippen LogP contribution >= 0.6 is 0 Å². The Morgan fingerprint density at radius 1 is 1.38 bits per heavy atom. The molecule has 0 fully saturated rings. The van der Waals surface area contributed by atoms with E-state index in [-0.39, 0.29) is 24.1 Å². The number of nitrogens with zero attached hydrogens (tertiary/aromatic N) is 3. The first-order valence-corrected chi connectivity index (χ1v) is 7.83. The minimum Gasteiger partial charge on any atom is -0.379 e. The van der Waals surface area contributed by atoms with Crippen molar-refractivity contribution in [1.29, 1.82) is 0 Å². The summed E-state index contributed by atoms with van der Waals surface area (Å²) in [7, 11) is 0. The molecule has 1 amide bonds. The van der Waals surface area contributed by atoms with Crippen LogP contribution in [0.25, 0.3) is 0 Å². The Kier molecular flexibility index (Phi) is 5.89. The molecule has 0 saturated carbocycles. The van der Waals surface area contributed by atoms with E-state index < -0.39 is 4.92 Å². The second-order valence-electron chi connectivity index (χ2n) is 5.42. The number of aromatic nitrogens is 2. The van der Waals surface area contributed by atoms with Gasteiger partial charge in [0, 0.05) is 25.1 Å². The average molecular weight is 331 g/mol. The van der Waals surface area contributed by atoms with Crippen molar-refractivity contribution in [3.8, 4) is 0 Å². The Morgan fingerprint density at radius 2 is 2.12 bits per heavy atom. The molecule has 1 aromatic carbocycles. The van der Waals surface area contributed by atoms with Crippen molar-refractivity contribution in [2.75, 3.05) is 17.2 Å². The zero-order chi connectivity index (χ0) is 17.5. The minimum atomic E-state index is -0.451.